The molecule has 1 aromatic heterocycles. The van der Waals surface area contributed by atoms with Gasteiger partial charge < -0.3 is 16.4 Å². The number of para-hydroxylation sites is 1. The molecule has 0 spiro atoms. The number of nitrogens with one attached hydrogen (secondary N) is 2. The zero-order chi connectivity index (χ0) is 15.4. The van der Waals surface area contributed by atoms with Gasteiger partial charge in [-0.3, -0.25) is 4.79 Å². The Morgan fingerprint density at radius 3 is 2.52 bits per heavy atom. The summed E-state index contributed by atoms with van der Waals surface area (Å²) in [6.07, 6.45) is 0.765. The van der Waals surface area contributed by atoms with Crippen molar-refractivity contribution in [3.8, 4) is 0 Å². The first-order valence-electron chi connectivity index (χ1n) is 6.58. The fraction of sp³-hybridized carbons (Fsp3) is 0.200. The van der Waals surface area contributed by atoms with Crippen LogP contribution in [0.2, 0.25) is 0 Å². The third-order valence-electron chi connectivity index (χ3n) is 3.07. The van der Waals surface area contributed by atoms with E-state index in [9.17, 15) is 4.79 Å². The van der Waals surface area contributed by atoms with Crippen molar-refractivity contribution < 1.29 is 4.79 Å². The van der Waals surface area contributed by atoms with Crippen LogP contribution in [-0.2, 0) is 6.42 Å². The van der Waals surface area contributed by atoms with Gasteiger partial charge in [-0.15, -0.1) is 11.3 Å². The summed E-state index contributed by atoms with van der Waals surface area (Å²) in [5.74, 6) is -0.429. The maximum absolute atomic E-state index is 11.7. The molecule has 110 valence electrons. The van der Waals surface area contributed by atoms with E-state index in [0.717, 1.165) is 22.5 Å². The molecule has 2 aromatic rings. The van der Waals surface area contributed by atoms with Gasteiger partial charge in [-0.2, -0.15) is 0 Å². The van der Waals surface area contributed by atoms with E-state index in [4.69, 9.17) is 18.0 Å². The zero-order valence-electron chi connectivity index (χ0n) is 11.9. The second-order valence-corrected chi connectivity index (χ2v) is 6.14. The second-order valence-electron chi connectivity index (χ2n) is 4.50. The quantitative estimate of drug-likeness (QED) is 0.754. The van der Waals surface area contributed by atoms with E-state index >= 15 is 0 Å². The van der Waals surface area contributed by atoms with Crippen molar-refractivity contribution in [2.24, 2.45) is 5.73 Å². The molecule has 0 bridgehead atoms. The molecular weight excluding hydrogens is 302 g/mol. The Hall–Kier alpha value is -1.92. The Bertz CT molecular complexity index is 665. The first-order chi connectivity index (χ1) is 10.0. The number of amides is 1. The summed E-state index contributed by atoms with van der Waals surface area (Å²) in [6, 6.07) is 9.61. The molecule has 0 unspecified atom stereocenters. The van der Waals surface area contributed by atoms with Crippen LogP contribution in [0.25, 0.3) is 0 Å². The average Bonchev–Trinajstić information content (AvgIpc) is 2.75. The molecule has 0 aliphatic carbocycles. The van der Waals surface area contributed by atoms with Crippen LogP contribution in [-0.4, -0.2) is 11.0 Å². The predicted molar refractivity (Wildman–Crippen MR) is 93.2 cm³/mol. The van der Waals surface area contributed by atoms with Gasteiger partial charge in [-0.05, 0) is 43.3 Å². The van der Waals surface area contributed by atoms with Crippen LogP contribution in [0.5, 0.6) is 0 Å². The monoisotopic (exact) mass is 319 g/mol. The molecule has 4 N–H and O–H groups in total. The molecule has 4 nitrogen and oxygen atoms in total. The number of benzene rings is 1. The summed E-state index contributed by atoms with van der Waals surface area (Å²) >= 11 is 6.78. The van der Waals surface area contributed by atoms with Crippen LogP contribution in [0, 0.1) is 6.92 Å². The highest BCUT2D eigenvalue weighted by atomic mass is 32.1. The number of thiocarbonyl (C=S) groups is 1. The highest BCUT2D eigenvalue weighted by molar-refractivity contribution is 7.80. The number of hydrogen-bond donors (Lipinski definition) is 3. The van der Waals surface area contributed by atoms with Crippen molar-refractivity contribution in [2.75, 3.05) is 10.6 Å². The Balaban J connectivity index is 2.20. The van der Waals surface area contributed by atoms with Gasteiger partial charge in [0.1, 0.15) is 5.00 Å². The van der Waals surface area contributed by atoms with Crippen LogP contribution >= 0.6 is 23.6 Å². The number of carbonyl (C=O) groups is 1. The number of aryl methyl sites for hydroxylation is 1. The minimum atomic E-state index is -0.429. The molecule has 1 amide bonds. The highest BCUT2D eigenvalue weighted by Gasteiger charge is 2.19. The van der Waals surface area contributed by atoms with Crippen molar-refractivity contribution in [1.82, 2.24) is 0 Å². The molecule has 0 fully saturated rings. The normalized spacial score (nSPS) is 10.2. The highest BCUT2D eigenvalue weighted by Crippen LogP contribution is 2.33. The van der Waals surface area contributed by atoms with Crippen molar-refractivity contribution in [2.45, 2.75) is 20.3 Å². The van der Waals surface area contributed by atoms with Gasteiger partial charge in [0, 0.05) is 10.6 Å². The standard InChI is InChI=1S/C15H17N3OS2/c1-3-11-9(2)21-14(12(11)13(16)19)18-15(20)17-10-7-5-4-6-8-10/h4-8H,3H2,1-2H3,(H2,16,19)(H2,17,18,20). The summed E-state index contributed by atoms with van der Waals surface area (Å²) in [4.78, 5) is 12.8. The molecule has 21 heavy (non-hydrogen) atoms. The topological polar surface area (TPSA) is 67.2 Å². The number of carbonyl (C=O) groups excluding carboxylic acids is 1. The number of anilines is 2. The molecule has 6 heteroatoms. The maximum atomic E-state index is 11.7. The predicted octanol–water partition coefficient (Wildman–Crippen LogP) is 3.53. The maximum Gasteiger partial charge on any atom is 0.251 e. The SMILES string of the molecule is CCc1c(C)sc(NC(=S)Nc2ccccc2)c1C(N)=O. The molecule has 0 aliphatic rings. The molecule has 0 radical (unpaired) electrons. The Labute approximate surface area is 133 Å². The van der Waals surface area contributed by atoms with E-state index < -0.39 is 5.91 Å². The Morgan fingerprint density at radius 1 is 1.29 bits per heavy atom. The van der Waals surface area contributed by atoms with E-state index in [1.54, 1.807) is 0 Å². The van der Waals surface area contributed by atoms with E-state index in [-0.39, 0.29) is 0 Å². The van der Waals surface area contributed by atoms with E-state index in [0.29, 0.717) is 15.7 Å². The van der Waals surface area contributed by atoms with Crippen molar-refractivity contribution >= 4 is 45.3 Å². The van der Waals surface area contributed by atoms with Crippen molar-refractivity contribution in [1.29, 1.82) is 0 Å². The van der Waals surface area contributed by atoms with Crippen LogP contribution in [0.1, 0.15) is 27.7 Å². The molecule has 2 rings (SSSR count). The van der Waals surface area contributed by atoms with Gasteiger partial charge >= 0.3 is 0 Å². The van der Waals surface area contributed by atoms with Crippen LogP contribution in [0.3, 0.4) is 0 Å². The molecular formula is C15H17N3OS2. The van der Waals surface area contributed by atoms with Gasteiger partial charge in [-0.1, -0.05) is 25.1 Å². The minimum absolute atomic E-state index is 0.429. The average molecular weight is 319 g/mol. The second kappa shape index (κ2) is 6.69. The Kier molecular flexibility index (Phi) is 4.93. The molecule has 0 atom stereocenters. The van der Waals surface area contributed by atoms with Gasteiger partial charge in [0.25, 0.3) is 5.91 Å². The van der Waals surface area contributed by atoms with E-state index in [1.807, 2.05) is 44.2 Å². The van der Waals surface area contributed by atoms with Gasteiger partial charge in [-0.25, -0.2) is 0 Å². The molecule has 0 saturated heterocycles. The molecule has 0 saturated carbocycles. The smallest absolute Gasteiger partial charge is 0.251 e. The molecule has 0 aliphatic heterocycles. The lowest BCUT2D eigenvalue weighted by Crippen LogP contribution is -2.21. The van der Waals surface area contributed by atoms with E-state index in [1.165, 1.54) is 11.3 Å². The van der Waals surface area contributed by atoms with Crippen LogP contribution in [0.15, 0.2) is 30.3 Å². The van der Waals surface area contributed by atoms with Crippen molar-refractivity contribution in [3.05, 3.63) is 46.3 Å². The Morgan fingerprint density at radius 2 is 1.95 bits per heavy atom. The minimum Gasteiger partial charge on any atom is -0.365 e. The first-order valence-corrected chi connectivity index (χ1v) is 7.80. The molecule has 1 aromatic carbocycles. The van der Waals surface area contributed by atoms with Crippen molar-refractivity contribution in [3.63, 3.8) is 0 Å². The van der Waals surface area contributed by atoms with Gasteiger partial charge in [0.2, 0.25) is 0 Å². The first kappa shape index (κ1) is 15.5. The summed E-state index contributed by atoms with van der Waals surface area (Å²) in [7, 11) is 0. The number of hydrogen-bond acceptors (Lipinski definition) is 3. The fourth-order valence-electron chi connectivity index (χ4n) is 2.14. The summed E-state index contributed by atoms with van der Waals surface area (Å²) in [6.45, 7) is 3.99. The molecule has 1 heterocycles. The van der Waals surface area contributed by atoms with E-state index in [2.05, 4.69) is 10.6 Å². The third-order valence-corrected chi connectivity index (χ3v) is 4.33. The summed E-state index contributed by atoms with van der Waals surface area (Å²) < 4.78 is 0. The summed E-state index contributed by atoms with van der Waals surface area (Å²) in [5, 5.41) is 7.29. The zero-order valence-corrected chi connectivity index (χ0v) is 13.5. The largest absolute Gasteiger partial charge is 0.365 e. The van der Waals surface area contributed by atoms with Crippen LogP contribution in [0.4, 0.5) is 10.7 Å². The lowest BCUT2D eigenvalue weighted by atomic mass is 10.1. The van der Waals surface area contributed by atoms with Gasteiger partial charge in [0.05, 0.1) is 5.56 Å². The lowest BCUT2D eigenvalue weighted by Gasteiger charge is -2.10. The number of nitrogens with two attached hydrogens (primary N) is 1. The number of thiophene rings is 1. The number of primary amides is 1. The fourth-order valence-corrected chi connectivity index (χ4v) is 3.58. The van der Waals surface area contributed by atoms with Crippen LogP contribution < -0.4 is 16.4 Å². The lowest BCUT2D eigenvalue weighted by molar-refractivity contribution is 0.100. The van der Waals surface area contributed by atoms with Gasteiger partial charge in [0.15, 0.2) is 5.11 Å². The third kappa shape index (κ3) is 3.59. The number of rotatable bonds is 4. The summed E-state index contributed by atoms with van der Waals surface area (Å²) in [5.41, 5.74) is 7.91.